The van der Waals surface area contributed by atoms with Crippen LogP contribution in [-0.4, -0.2) is 47.3 Å². The van der Waals surface area contributed by atoms with Crippen molar-refractivity contribution in [2.45, 2.75) is 33.2 Å². The zero-order chi connectivity index (χ0) is 18.7. The first-order valence-electron chi connectivity index (χ1n) is 9.45. The average molecular weight is 393 g/mol. The van der Waals surface area contributed by atoms with E-state index in [0.29, 0.717) is 28.9 Å². The maximum Gasteiger partial charge on any atom is 0.274 e. The number of benzene rings is 1. The number of nitrogens with zero attached hydrogens (tertiary/aromatic N) is 3. The molecule has 6 nitrogen and oxygen atoms in total. The van der Waals surface area contributed by atoms with Gasteiger partial charge in [-0.3, -0.25) is 9.59 Å². The molecular formula is C20H29ClN4O2. The van der Waals surface area contributed by atoms with E-state index in [9.17, 15) is 9.59 Å². The summed E-state index contributed by atoms with van der Waals surface area (Å²) in [4.78, 5) is 27.7. The molecule has 1 aromatic carbocycles. The Kier molecular flexibility index (Phi) is 7.39. The fourth-order valence-electron chi connectivity index (χ4n) is 3.64. The standard InChI is InChI=1S/C20H28N4O2.ClH/c1-14(2)13-24-19(25)17-7-5-4-6-16(17)18(22-24)20(26)23-10-8-15(9-11-23)12-21-3;/h4-7,14-15,21H,8-13H2,1-3H3;1H. The summed E-state index contributed by atoms with van der Waals surface area (Å²) in [6.45, 7) is 7.06. The zero-order valence-corrected chi connectivity index (χ0v) is 17.1. The van der Waals surface area contributed by atoms with E-state index in [1.54, 1.807) is 6.07 Å². The van der Waals surface area contributed by atoms with Gasteiger partial charge in [0.25, 0.3) is 11.5 Å². The Balaban J connectivity index is 0.00000261. The predicted molar refractivity (Wildman–Crippen MR) is 111 cm³/mol. The van der Waals surface area contributed by atoms with Gasteiger partial charge in [0.2, 0.25) is 0 Å². The van der Waals surface area contributed by atoms with Crippen LogP contribution in [0.4, 0.5) is 0 Å². The van der Waals surface area contributed by atoms with Crippen molar-refractivity contribution in [1.82, 2.24) is 20.0 Å². The van der Waals surface area contributed by atoms with Gasteiger partial charge in [-0.2, -0.15) is 5.10 Å². The minimum absolute atomic E-state index is 0. The van der Waals surface area contributed by atoms with E-state index in [-0.39, 0.29) is 29.8 Å². The number of aromatic nitrogens is 2. The highest BCUT2D eigenvalue weighted by Gasteiger charge is 2.26. The lowest BCUT2D eigenvalue weighted by Crippen LogP contribution is -2.41. The van der Waals surface area contributed by atoms with Crippen LogP contribution in [0.15, 0.2) is 29.1 Å². The van der Waals surface area contributed by atoms with Crippen LogP contribution in [0, 0.1) is 11.8 Å². The number of halogens is 1. The van der Waals surface area contributed by atoms with E-state index < -0.39 is 0 Å². The van der Waals surface area contributed by atoms with Crippen LogP contribution in [0.1, 0.15) is 37.2 Å². The molecule has 1 aliphatic heterocycles. The van der Waals surface area contributed by atoms with E-state index in [0.717, 1.165) is 32.5 Å². The van der Waals surface area contributed by atoms with Crippen molar-refractivity contribution in [3.63, 3.8) is 0 Å². The molecule has 148 valence electrons. The monoisotopic (exact) mass is 392 g/mol. The molecule has 0 radical (unpaired) electrons. The molecular weight excluding hydrogens is 364 g/mol. The fourth-order valence-corrected chi connectivity index (χ4v) is 3.64. The summed E-state index contributed by atoms with van der Waals surface area (Å²) in [7, 11) is 1.96. The molecule has 0 spiro atoms. The van der Waals surface area contributed by atoms with Crippen molar-refractivity contribution in [2.75, 3.05) is 26.7 Å². The quantitative estimate of drug-likeness (QED) is 0.849. The lowest BCUT2D eigenvalue weighted by atomic mass is 9.96. The van der Waals surface area contributed by atoms with Crippen LogP contribution in [0.2, 0.25) is 0 Å². The van der Waals surface area contributed by atoms with E-state index in [1.807, 2.05) is 44.0 Å². The molecule has 1 aliphatic rings. The number of amides is 1. The summed E-state index contributed by atoms with van der Waals surface area (Å²) in [5, 5.41) is 8.91. The van der Waals surface area contributed by atoms with Gasteiger partial charge in [0.05, 0.1) is 5.39 Å². The van der Waals surface area contributed by atoms with Gasteiger partial charge in [-0.1, -0.05) is 32.0 Å². The summed E-state index contributed by atoms with van der Waals surface area (Å²) >= 11 is 0. The van der Waals surface area contributed by atoms with Gasteiger partial charge in [-0.15, -0.1) is 12.4 Å². The van der Waals surface area contributed by atoms with Crippen molar-refractivity contribution >= 4 is 29.1 Å². The Labute approximate surface area is 166 Å². The second-order valence-corrected chi connectivity index (χ2v) is 7.57. The highest BCUT2D eigenvalue weighted by molar-refractivity contribution is 6.04. The number of carbonyl (C=O) groups is 1. The van der Waals surface area contributed by atoms with Gasteiger partial charge in [0.1, 0.15) is 0 Å². The van der Waals surface area contributed by atoms with Gasteiger partial charge < -0.3 is 10.2 Å². The second kappa shape index (κ2) is 9.33. The SMILES string of the molecule is CNCC1CCN(C(=O)c2nn(CC(C)C)c(=O)c3ccccc23)CC1.Cl. The number of hydrogen-bond donors (Lipinski definition) is 1. The first-order valence-corrected chi connectivity index (χ1v) is 9.45. The lowest BCUT2D eigenvalue weighted by Gasteiger charge is -2.32. The first kappa shape index (κ1) is 21.4. The summed E-state index contributed by atoms with van der Waals surface area (Å²) in [6, 6.07) is 7.30. The number of hydrogen-bond acceptors (Lipinski definition) is 4. The molecule has 1 amide bonds. The average Bonchev–Trinajstić information content (AvgIpc) is 2.64. The third kappa shape index (κ3) is 4.68. The zero-order valence-electron chi connectivity index (χ0n) is 16.3. The van der Waals surface area contributed by atoms with Crippen molar-refractivity contribution < 1.29 is 4.79 Å². The molecule has 0 saturated carbocycles. The molecule has 2 heterocycles. The molecule has 0 unspecified atom stereocenters. The van der Waals surface area contributed by atoms with Crippen LogP contribution in [-0.2, 0) is 6.54 Å². The van der Waals surface area contributed by atoms with Gasteiger partial charge in [-0.25, -0.2) is 4.68 Å². The minimum atomic E-state index is -0.126. The Morgan fingerprint density at radius 2 is 1.85 bits per heavy atom. The van der Waals surface area contributed by atoms with Gasteiger partial charge in [0, 0.05) is 25.0 Å². The number of likely N-dealkylation sites (tertiary alicyclic amines) is 1. The van der Waals surface area contributed by atoms with E-state index >= 15 is 0 Å². The van der Waals surface area contributed by atoms with E-state index in [1.165, 1.54) is 4.68 Å². The highest BCUT2D eigenvalue weighted by Crippen LogP contribution is 2.21. The third-order valence-electron chi connectivity index (χ3n) is 5.00. The molecule has 0 aliphatic carbocycles. The molecule has 1 N–H and O–H groups in total. The number of carbonyl (C=O) groups excluding carboxylic acids is 1. The summed E-state index contributed by atoms with van der Waals surface area (Å²) < 4.78 is 1.45. The Hall–Kier alpha value is -1.92. The molecule has 1 fully saturated rings. The van der Waals surface area contributed by atoms with Crippen LogP contribution in [0.25, 0.3) is 10.8 Å². The van der Waals surface area contributed by atoms with Crippen LogP contribution in [0.5, 0.6) is 0 Å². The molecule has 7 heteroatoms. The molecule has 3 rings (SSSR count). The van der Waals surface area contributed by atoms with Crippen LogP contribution in [0.3, 0.4) is 0 Å². The van der Waals surface area contributed by atoms with Crippen molar-refractivity contribution in [3.05, 3.63) is 40.3 Å². The smallest absolute Gasteiger partial charge is 0.274 e. The van der Waals surface area contributed by atoms with Crippen LogP contribution >= 0.6 is 12.4 Å². The van der Waals surface area contributed by atoms with Gasteiger partial charge in [0.15, 0.2) is 5.69 Å². The largest absolute Gasteiger partial charge is 0.337 e. The number of nitrogens with one attached hydrogen (secondary N) is 1. The predicted octanol–water partition coefficient (Wildman–Crippen LogP) is 2.55. The normalized spacial score (nSPS) is 15.2. The van der Waals surface area contributed by atoms with E-state index in [2.05, 4.69) is 10.4 Å². The first-order chi connectivity index (χ1) is 12.5. The van der Waals surface area contributed by atoms with Crippen molar-refractivity contribution in [3.8, 4) is 0 Å². The molecule has 0 atom stereocenters. The third-order valence-corrected chi connectivity index (χ3v) is 5.00. The van der Waals surface area contributed by atoms with Crippen molar-refractivity contribution in [1.29, 1.82) is 0 Å². The van der Waals surface area contributed by atoms with Gasteiger partial charge in [-0.05, 0) is 44.3 Å². The Bertz CT molecular complexity index is 841. The van der Waals surface area contributed by atoms with Crippen molar-refractivity contribution in [2.24, 2.45) is 11.8 Å². The number of rotatable bonds is 5. The molecule has 2 aromatic rings. The Morgan fingerprint density at radius 1 is 1.22 bits per heavy atom. The lowest BCUT2D eigenvalue weighted by molar-refractivity contribution is 0.0684. The Morgan fingerprint density at radius 3 is 2.44 bits per heavy atom. The highest BCUT2D eigenvalue weighted by atomic mass is 35.5. The molecule has 0 bridgehead atoms. The summed E-state index contributed by atoms with van der Waals surface area (Å²) in [6.07, 6.45) is 1.99. The number of fused-ring (bicyclic) bond motifs is 1. The maximum absolute atomic E-state index is 13.2. The maximum atomic E-state index is 13.2. The van der Waals surface area contributed by atoms with E-state index in [4.69, 9.17) is 0 Å². The second-order valence-electron chi connectivity index (χ2n) is 7.57. The van der Waals surface area contributed by atoms with Crippen LogP contribution < -0.4 is 10.9 Å². The molecule has 1 saturated heterocycles. The van der Waals surface area contributed by atoms with Gasteiger partial charge >= 0.3 is 0 Å². The summed E-state index contributed by atoms with van der Waals surface area (Å²) in [5.41, 5.74) is 0.270. The topological polar surface area (TPSA) is 67.2 Å². The fraction of sp³-hybridized carbons (Fsp3) is 0.550. The molecule has 1 aromatic heterocycles. The summed E-state index contributed by atoms with van der Waals surface area (Å²) in [5.74, 6) is 0.826. The number of piperidine rings is 1. The minimum Gasteiger partial charge on any atom is -0.337 e. The molecule has 27 heavy (non-hydrogen) atoms.